The summed E-state index contributed by atoms with van der Waals surface area (Å²) >= 11 is 6.12. The van der Waals surface area contributed by atoms with Gasteiger partial charge in [-0.2, -0.15) is 5.26 Å². The first-order chi connectivity index (χ1) is 10.2. The van der Waals surface area contributed by atoms with Crippen molar-refractivity contribution in [1.29, 1.82) is 5.26 Å². The van der Waals surface area contributed by atoms with Crippen molar-refractivity contribution in [1.82, 2.24) is 0 Å². The van der Waals surface area contributed by atoms with Crippen molar-refractivity contribution in [2.45, 2.75) is 13.2 Å². The second-order valence-corrected chi connectivity index (χ2v) is 4.80. The van der Waals surface area contributed by atoms with Crippen LogP contribution in [-0.4, -0.2) is 7.11 Å². The van der Waals surface area contributed by atoms with Gasteiger partial charge in [-0.25, -0.2) is 0 Å². The van der Waals surface area contributed by atoms with Crippen LogP contribution in [0.25, 0.3) is 0 Å². The highest BCUT2D eigenvalue weighted by atomic mass is 35.5. The van der Waals surface area contributed by atoms with Crippen LogP contribution in [0.1, 0.15) is 16.7 Å². The number of hydrogen-bond acceptors (Lipinski definition) is 4. The quantitative estimate of drug-likeness (QED) is 0.920. The minimum absolute atomic E-state index is 0.287. The molecule has 0 spiro atoms. The van der Waals surface area contributed by atoms with Gasteiger partial charge in [-0.05, 0) is 29.8 Å². The maximum Gasteiger partial charge on any atom is 0.161 e. The number of halogens is 1. The smallest absolute Gasteiger partial charge is 0.161 e. The molecule has 5 heteroatoms. The largest absolute Gasteiger partial charge is 0.493 e. The monoisotopic (exact) mass is 302 g/mol. The molecule has 2 rings (SSSR count). The fourth-order valence-electron chi connectivity index (χ4n) is 1.85. The lowest BCUT2D eigenvalue weighted by atomic mass is 10.1. The number of benzene rings is 2. The minimum atomic E-state index is 0.287. The summed E-state index contributed by atoms with van der Waals surface area (Å²) in [6.07, 6.45) is 0. The molecule has 4 nitrogen and oxygen atoms in total. The summed E-state index contributed by atoms with van der Waals surface area (Å²) in [4.78, 5) is 0. The predicted molar refractivity (Wildman–Crippen MR) is 81.4 cm³/mol. The Labute approximate surface area is 128 Å². The molecule has 0 radical (unpaired) electrons. The van der Waals surface area contributed by atoms with Gasteiger partial charge in [-0.1, -0.05) is 23.7 Å². The third kappa shape index (κ3) is 3.66. The molecule has 2 N–H and O–H groups in total. The molecule has 0 aliphatic heterocycles. The standard InChI is InChI=1S/C16H15ClN2O2/c1-20-15-5-3-12(9-19)7-16(15)21-10-13-4-2-11(8-18)6-14(13)17/h2-7H,9-10,19H2,1H3. The lowest BCUT2D eigenvalue weighted by molar-refractivity contribution is 0.284. The van der Waals surface area contributed by atoms with Gasteiger partial charge >= 0.3 is 0 Å². The van der Waals surface area contributed by atoms with E-state index in [9.17, 15) is 0 Å². The zero-order valence-corrected chi connectivity index (χ0v) is 12.4. The van der Waals surface area contributed by atoms with Crippen molar-refractivity contribution < 1.29 is 9.47 Å². The zero-order valence-electron chi connectivity index (χ0n) is 11.6. The maximum atomic E-state index is 8.82. The van der Waals surface area contributed by atoms with Crippen molar-refractivity contribution in [3.8, 4) is 17.6 Å². The van der Waals surface area contributed by atoms with E-state index in [1.807, 2.05) is 24.3 Å². The molecule has 0 heterocycles. The van der Waals surface area contributed by atoms with Crippen LogP contribution in [-0.2, 0) is 13.2 Å². The molecule has 0 atom stereocenters. The molecular formula is C16H15ClN2O2. The van der Waals surface area contributed by atoms with Crippen LogP contribution in [0.15, 0.2) is 36.4 Å². The summed E-state index contributed by atoms with van der Waals surface area (Å²) in [5.41, 5.74) is 7.90. The molecule has 21 heavy (non-hydrogen) atoms. The molecule has 2 aromatic carbocycles. The van der Waals surface area contributed by atoms with Gasteiger partial charge in [-0.3, -0.25) is 0 Å². The van der Waals surface area contributed by atoms with Crippen molar-refractivity contribution in [2.24, 2.45) is 5.73 Å². The lowest BCUT2D eigenvalue weighted by Crippen LogP contribution is -2.01. The molecule has 0 unspecified atom stereocenters. The van der Waals surface area contributed by atoms with E-state index in [4.69, 9.17) is 32.1 Å². The predicted octanol–water partition coefficient (Wildman–Crippen LogP) is 3.26. The first-order valence-corrected chi connectivity index (χ1v) is 6.74. The van der Waals surface area contributed by atoms with Crippen LogP contribution >= 0.6 is 11.6 Å². The highest BCUT2D eigenvalue weighted by Gasteiger charge is 2.08. The van der Waals surface area contributed by atoms with Crippen molar-refractivity contribution in [3.05, 3.63) is 58.1 Å². The number of nitrogens with zero attached hydrogens (tertiary/aromatic N) is 1. The summed E-state index contributed by atoms with van der Waals surface area (Å²) in [5, 5.41) is 9.32. The van der Waals surface area contributed by atoms with Gasteiger partial charge in [0, 0.05) is 17.1 Å². The molecule has 0 aromatic heterocycles. The highest BCUT2D eigenvalue weighted by Crippen LogP contribution is 2.29. The SMILES string of the molecule is COc1ccc(CN)cc1OCc1ccc(C#N)cc1Cl. The Morgan fingerprint density at radius 2 is 2.00 bits per heavy atom. The van der Waals surface area contributed by atoms with E-state index in [1.54, 1.807) is 25.3 Å². The average Bonchev–Trinajstić information content (AvgIpc) is 2.53. The van der Waals surface area contributed by atoms with Gasteiger partial charge in [0.2, 0.25) is 0 Å². The molecule has 0 fully saturated rings. The topological polar surface area (TPSA) is 68.3 Å². The number of methoxy groups -OCH3 is 1. The van der Waals surface area contributed by atoms with Gasteiger partial charge in [-0.15, -0.1) is 0 Å². The summed E-state index contributed by atoms with van der Waals surface area (Å²) < 4.78 is 11.0. The molecule has 2 aromatic rings. The molecule has 0 aliphatic carbocycles. The van der Waals surface area contributed by atoms with Crippen LogP contribution in [0.5, 0.6) is 11.5 Å². The molecular weight excluding hydrogens is 288 g/mol. The Morgan fingerprint density at radius 3 is 2.62 bits per heavy atom. The van der Waals surface area contributed by atoms with E-state index in [1.165, 1.54) is 0 Å². The van der Waals surface area contributed by atoms with E-state index in [2.05, 4.69) is 0 Å². The van der Waals surface area contributed by atoms with Crippen LogP contribution in [0, 0.1) is 11.3 Å². The molecule has 108 valence electrons. The first kappa shape index (κ1) is 15.2. The van der Waals surface area contributed by atoms with E-state index < -0.39 is 0 Å². The van der Waals surface area contributed by atoms with Crippen LogP contribution in [0.2, 0.25) is 5.02 Å². The minimum Gasteiger partial charge on any atom is -0.493 e. The van der Waals surface area contributed by atoms with Gasteiger partial charge < -0.3 is 15.2 Å². The Bertz CT molecular complexity index is 680. The maximum absolute atomic E-state index is 8.82. The Kier molecular flexibility index (Phi) is 5.04. The number of rotatable bonds is 5. The van der Waals surface area contributed by atoms with Gasteiger partial charge in [0.05, 0.1) is 18.7 Å². The highest BCUT2D eigenvalue weighted by molar-refractivity contribution is 6.31. The fraction of sp³-hybridized carbons (Fsp3) is 0.188. The number of hydrogen-bond donors (Lipinski definition) is 1. The third-order valence-corrected chi connectivity index (χ3v) is 3.38. The zero-order chi connectivity index (χ0) is 15.2. The van der Waals surface area contributed by atoms with Crippen molar-refractivity contribution in [2.75, 3.05) is 7.11 Å². The second-order valence-electron chi connectivity index (χ2n) is 4.40. The normalized spacial score (nSPS) is 10.0. The summed E-state index contributed by atoms with van der Waals surface area (Å²) in [7, 11) is 1.58. The summed E-state index contributed by atoms with van der Waals surface area (Å²) in [6, 6.07) is 12.7. The summed E-state index contributed by atoms with van der Waals surface area (Å²) in [5.74, 6) is 1.25. The average molecular weight is 303 g/mol. The molecule has 0 amide bonds. The van der Waals surface area contributed by atoms with Crippen molar-refractivity contribution >= 4 is 11.6 Å². The van der Waals surface area contributed by atoms with Crippen LogP contribution in [0.3, 0.4) is 0 Å². The van der Waals surface area contributed by atoms with E-state index >= 15 is 0 Å². The van der Waals surface area contributed by atoms with Crippen molar-refractivity contribution in [3.63, 3.8) is 0 Å². The van der Waals surface area contributed by atoms with E-state index in [0.717, 1.165) is 11.1 Å². The van der Waals surface area contributed by atoms with Gasteiger partial charge in [0.15, 0.2) is 11.5 Å². The number of nitriles is 1. The second kappa shape index (κ2) is 6.98. The Balaban J connectivity index is 2.18. The Morgan fingerprint density at radius 1 is 1.19 bits per heavy atom. The van der Waals surface area contributed by atoms with Crippen LogP contribution < -0.4 is 15.2 Å². The van der Waals surface area contributed by atoms with E-state index in [0.29, 0.717) is 28.6 Å². The lowest BCUT2D eigenvalue weighted by Gasteiger charge is -2.12. The van der Waals surface area contributed by atoms with Gasteiger partial charge in [0.1, 0.15) is 6.61 Å². The third-order valence-electron chi connectivity index (χ3n) is 3.03. The number of ether oxygens (including phenoxy) is 2. The van der Waals surface area contributed by atoms with Gasteiger partial charge in [0.25, 0.3) is 0 Å². The molecule has 0 aliphatic rings. The van der Waals surface area contributed by atoms with Crippen LogP contribution in [0.4, 0.5) is 0 Å². The summed E-state index contributed by atoms with van der Waals surface area (Å²) in [6.45, 7) is 0.715. The molecule has 0 bridgehead atoms. The van der Waals surface area contributed by atoms with E-state index in [-0.39, 0.29) is 6.61 Å². The number of nitrogens with two attached hydrogens (primary N) is 1. The Hall–Kier alpha value is -2.22. The molecule has 0 saturated carbocycles. The fourth-order valence-corrected chi connectivity index (χ4v) is 2.09. The molecule has 0 saturated heterocycles. The first-order valence-electron chi connectivity index (χ1n) is 6.36.